The lowest BCUT2D eigenvalue weighted by atomic mass is 10.4. The monoisotopic (exact) mass is 246 g/mol. The molecule has 84 valence electrons. The summed E-state index contributed by atoms with van der Waals surface area (Å²) in [6.07, 6.45) is 5.75. The second-order valence-corrected chi connectivity index (χ2v) is 4.06. The minimum Gasteiger partial charge on any atom is -1.00 e. The first kappa shape index (κ1) is 14.3. The van der Waals surface area contributed by atoms with E-state index in [-0.39, 0.29) is 23.7 Å². The molecular formula is C10H15ClN2OS. The zero-order chi connectivity index (χ0) is 10.6. The predicted molar refractivity (Wildman–Crippen MR) is 57.9 cm³/mol. The van der Waals surface area contributed by atoms with Gasteiger partial charge in [-0.05, 0) is 6.26 Å². The molecule has 0 spiro atoms. The molecule has 0 aliphatic carbocycles. The van der Waals surface area contributed by atoms with Crippen LogP contribution in [0.25, 0.3) is 0 Å². The Balaban J connectivity index is 0.00000196. The lowest BCUT2D eigenvalue weighted by Crippen LogP contribution is -3.00. The zero-order valence-corrected chi connectivity index (χ0v) is 10.6. The number of amides is 1. The summed E-state index contributed by atoms with van der Waals surface area (Å²) in [5.41, 5.74) is 0. The SMILES string of the molecule is CSC(C(=O)N(C)C)[n+]1ccccc1.[Cl-]. The van der Waals surface area contributed by atoms with Crippen molar-refractivity contribution in [2.45, 2.75) is 5.37 Å². The summed E-state index contributed by atoms with van der Waals surface area (Å²) < 4.78 is 1.91. The van der Waals surface area contributed by atoms with Crippen molar-refractivity contribution >= 4 is 17.7 Å². The van der Waals surface area contributed by atoms with E-state index >= 15 is 0 Å². The van der Waals surface area contributed by atoms with Crippen LogP contribution in [0.3, 0.4) is 0 Å². The van der Waals surface area contributed by atoms with E-state index in [0.29, 0.717) is 0 Å². The van der Waals surface area contributed by atoms with Gasteiger partial charge in [0.1, 0.15) is 0 Å². The van der Waals surface area contributed by atoms with Gasteiger partial charge in [-0.3, -0.25) is 4.79 Å². The van der Waals surface area contributed by atoms with E-state index in [4.69, 9.17) is 0 Å². The minimum absolute atomic E-state index is 0. The van der Waals surface area contributed by atoms with Gasteiger partial charge in [0.25, 0.3) is 5.37 Å². The van der Waals surface area contributed by atoms with Crippen LogP contribution in [0.5, 0.6) is 0 Å². The van der Waals surface area contributed by atoms with E-state index in [1.54, 1.807) is 19.0 Å². The molecule has 0 aromatic carbocycles. The summed E-state index contributed by atoms with van der Waals surface area (Å²) in [4.78, 5) is 13.4. The molecule has 0 bridgehead atoms. The van der Waals surface area contributed by atoms with E-state index in [1.165, 1.54) is 11.8 Å². The molecule has 1 unspecified atom stereocenters. The van der Waals surface area contributed by atoms with Crippen molar-refractivity contribution in [1.82, 2.24) is 4.90 Å². The van der Waals surface area contributed by atoms with Crippen molar-refractivity contribution in [3.8, 4) is 0 Å². The molecule has 1 aromatic rings. The Morgan fingerprint density at radius 3 is 2.20 bits per heavy atom. The molecular weight excluding hydrogens is 232 g/mol. The number of pyridine rings is 1. The van der Waals surface area contributed by atoms with E-state index in [9.17, 15) is 4.79 Å². The van der Waals surface area contributed by atoms with Crippen LogP contribution in [0.1, 0.15) is 5.37 Å². The maximum atomic E-state index is 11.8. The van der Waals surface area contributed by atoms with Gasteiger partial charge in [0.2, 0.25) is 0 Å². The van der Waals surface area contributed by atoms with E-state index < -0.39 is 0 Å². The number of hydrogen-bond acceptors (Lipinski definition) is 2. The van der Waals surface area contributed by atoms with Crippen LogP contribution in [0, 0.1) is 0 Å². The van der Waals surface area contributed by atoms with Crippen molar-refractivity contribution in [3.63, 3.8) is 0 Å². The van der Waals surface area contributed by atoms with Crippen molar-refractivity contribution < 1.29 is 21.8 Å². The number of carbonyl (C=O) groups excluding carboxylic acids is 1. The first-order chi connectivity index (χ1) is 6.66. The lowest BCUT2D eigenvalue weighted by molar-refractivity contribution is -0.688. The smallest absolute Gasteiger partial charge is 0.302 e. The zero-order valence-electron chi connectivity index (χ0n) is 9.05. The number of carbonyl (C=O) groups is 1. The van der Waals surface area contributed by atoms with E-state index in [1.807, 2.05) is 41.4 Å². The molecule has 5 heteroatoms. The van der Waals surface area contributed by atoms with E-state index in [2.05, 4.69) is 0 Å². The summed E-state index contributed by atoms with van der Waals surface area (Å²) >= 11 is 1.53. The molecule has 1 heterocycles. The molecule has 0 aliphatic heterocycles. The summed E-state index contributed by atoms with van der Waals surface area (Å²) in [5.74, 6) is 0.105. The highest BCUT2D eigenvalue weighted by Crippen LogP contribution is 2.14. The largest absolute Gasteiger partial charge is 1.00 e. The van der Waals surface area contributed by atoms with Crippen LogP contribution in [-0.4, -0.2) is 31.2 Å². The molecule has 1 rings (SSSR count). The Morgan fingerprint density at radius 1 is 1.27 bits per heavy atom. The summed E-state index contributed by atoms with van der Waals surface area (Å²) in [5, 5.41) is -0.161. The van der Waals surface area contributed by atoms with Crippen LogP contribution >= 0.6 is 11.8 Å². The standard InChI is InChI=1S/C10H15N2OS.ClH/c1-11(2)9(13)10(14-3)12-7-5-4-6-8-12;/h4-8,10H,1-3H3;1H/q+1;/p-1. The van der Waals surface area contributed by atoms with Gasteiger partial charge in [0.15, 0.2) is 12.4 Å². The number of nitrogens with zero attached hydrogens (tertiary/aromatic N) is 2. The van der Waals surface area contributed by atoms with Crippen LogP contribution in [0.15, 0.2) is 30.6 Å². The van der Waals surface area contributed by atoms with E-state index in [0.717, 1.165) is 0 Å². The number of likely N-dealkylation sites (N-methyl/N-ethyl adjacent to an activating group) is 1. The van der Waals surface area contributed by atoms with Gasteiger partial charge in [-0.2, -0.15) is 4.57 Å². The molecule has 0 fully saturated rings. The van der Waals surface area contributed by atoms with Crippen LogP contribution in [0.4, 0.5) is 0 Å². The number of thioether (sulfide) groups is 1. The Bertz CT molecular complexity index is 306. The molecule has 3 nitrogen and oxygen atoms in total. The van der Waals surface area contributed by atoms with Crippen LogP contribution in [0.2, 0.25) is 0 Å². The van der Waals surface area contributed by atoms with Gasteiger partial charge >= 0.3 is 5.91 Å². The maximum absolute atomic E-state index is 11.8. The van der Waals surface area contributed by atoms with Crippen molar-refractivity contribution in [2.75, 3.05) is 20.4 Å². The number of aromatic nitrogens is 1. The molecule has 0 radical (unpaired) electrons. The van der Waals surface area contributed by atoms with Crippen molar-refractivity contribution in [3.05, 3.63) is 30.6 Å². The third-order valence-electron chi connectivity index (χ3n) is 1.88. The molecule has 0 N–H and O–H groups in total. The van der Waals surface area contributed by atoms with Gasteiger partial charge in [-0.25, -0.2) is 0 Å². The first-order valence-electron chi connectivity index (χ1n) is 4.36. The highest BCUT2D eigenvalue weighted by atomic mass is 35.5. The fourth-order valence-electron chi connectivity index (χ4n) is 1.14. The molecule has 15 heavy (non-hydrogen) atoms. The lowest BCUT2D eigenvalue weighted by Gasteiger charge is -2.14. The van der Waals surface area contributed by atoms with Gasteiger partial charge in [-0.15, -0.1) is 0 Å². The van der Waals surface area contributed by atoms with Crippen molar-refractivity contribution in [2.24, 2.45) is 0 Å². The highest BCUT2D eigenvalue weighted by Gasteiger charge is 2.27. The van der Waals surface area contributed by atoms with Crippen LogP contribution in [-0.2, 0) is 4.79 Å². The third kappa shape index (κ3) is 3.72. The average molecular weight is 247 g/mol. The average Bonchev–Trinajstić information content (AvgIpc) is 2.20. The van der Waals surface area contributed by atoms with Gasteiger partial charge in [0, 0.05) is 26.2 Å². The Labute approximate surface area is 101 Å². The van der Waals surface area contributed by atoms with Gasteiger partial charge in [-0.1, -0.05) is 17.8 Å². The highest BCUT2D eigenvalue weighted by molar-refractivity contribution is 7.99. The molecule has 1 aromatic heterocycles. The number of rotatable bonds is 3. The summed E-state index contributed by atoms with van der Waals surface area (Å²) in [6, 6.07) is 5.78. The maximum Gasteiger partial charge on any atom is 0.302 e. The third-order valence-corrected chi connectivity index (χ3v) is 2.78. The number of hydrogen-bond donors (Lipinski definition) is 0. The molecule has 0 aliphatic rings. The summed E-state index contributed by atoms with van der Waals surface area (Å²) in [7, 11) is 3.55. The molecule has 1 atom stereocenters. The Hall–Kier alpha value is -0.740. The Kier molecular flexibility index (Phi) is 6.36. The van der Waals surface area contributed by atoms with Gasteiger partial charge < -0.3 is 17.3 Å². The normalized spacial score (nSPS) is 11.4. The molecule has 1 amide bonds. The Morgan fingerprint density at radius 2 is 1.80 bits per heavy atom. The molecule has 0 saturated carbocycles. The topological polar surface area (TPSA) is 24.2 Å². The van der Waals surface area contributed by atoms with Crippen LogP contribution < -0.4 is 17.0 Å². The minimum atomic E-state index is -0.161. The quantitative estimate of drug-likeness (QED) is 0.573. The second-order valence-electron chi connectivity index (χ2n) is 3.14. The summed E-state index contributed by atoms with van der Waals surface area (Å²) in [6.45, 7) is 0. The first-order valence-corrected chi connectivity index (χ1v) is 5.65. The predicted octanol–water partition coefficient (Wildman–Crippen LogP) is -2.07. The van der Waals surface area contributed by atoms with Crippen molar-refractivity contribution in [1.29, 1.82) is 0 Å². The number of halogens is 1. The van der Waals surface area contributed by atoms with Gasteiger partial charge in [0.05, 0.1) is 0 Å². The fraction of sp³-hybridized carbons (Fsp3) is 0.400. The fourth-order valence-corrected chi connectivity index (χ4v) is 1.94. The molecule has 0 saturated heterocycles. The second kappa shape index (κ2) is 6.69.